The van der Waals surface area contributed by atoms with Gasteiger partial charge in [0.2, 0.25) is 0 Å². The molecule has 1 atom stereocenters. The van der Waals surface area contributed by atoms with Crippen molar-refractivity contribution in [3.05, 3.63) is 12.3 Å². The molecular formula is C12H21N5O. The predicted octanol–water partition coefficient (Wildman–Crippen LogP) is 0.0690. The van der Waals surface area contributed by atoms with Gasteiger partial charge in [0.05, 0.1) is 11.9 Å². The van der Waals surface area contributed by atoms with Crippen molar-refractivity contribution in [2.45, 2.75) is 18.9 Å². The molecule has 1 aliphatic heterocycles. The molecule has 6 nitrogen and oxygen atoms in total. The first-order valence-electron chi connectivity index (χ1n) is 6.43. The van der Waals surface area contributed by atoms with Crippen LogP contribution in [0.4, 0.5) is 11.5 Å². The minimum Gasteiger partial charge on any atom is -0.396 e. The van der Waals surface area contributed by atoms with Crippen molar-refractivity contribution in [3.8, 4) is 0 Å². The van der Waals surface area contributed by atoms with Crippen molar-refractivity contribution in [2.24, 2.45) is 0 Å². The number of hydrogen-bond acceptors (Lipinski definition) is 6. The van der Waals surface area contributed by atoms with Crippen LogP contribution in [0.1, 0.15) is 12.8 Å². The van der Waals surface area contributed by atoms with E-state index in [1.54, 1.807) is 6.20 Å². The molecule has 1 saturated heterocycles. The second-order valence-electron chi connectivity index (χ2n) is 4.52. The van der Waals surface area contributed by atoms with Crippen molar-refractivity contribution < 1.29 is 5.11 Å². The SMILES string of the molecule is CN[C@@H]1CCN(c2cnnc(NCCCO)c2)C1. The van der Waals surface area contributed by atoms with Crippen LogP contribution in [0.3, 0.4) is 0 Å². The van der Waals surface area contributed by atoms with E-state index in [2.05, 4.69) is 25.7 Å². The lowest BCUT2D eigenvalue weighted by Crippen LogP contribution is -2.29. The second kappa shape index (κ2) is 6.51. The predicted molar refractivity (Wildman–Crippen MR) is 71.9 cm³/mol. The van der Waals surface area contributed by atoms with Crippen LogP contribution in [0, 0.1) is 0 Å². The molecule has 6 heteroatoms. The maximum Gasteiger partial charge on any atom is 0.150 e. The zero-order valence-electron chi connectivity index (χ0n) is 10.8. The highest BCUT2D eigenvalue weighted by molar-refractivity contribution is 5.52. The monoisotopic (exact) mass is 251 g/mol. The average Bonchev–Trinajstić information content (AvgIpc) is 2.88. The number of aliphatic hydroxyl groups is 1. The number of hydrogen-bond donors (Lipinski definition) is 3. The molecule has 3 N–H and O–H groups in total. The van der Waals surface area contributed by atoms with E-state index < -0.39 is 0 Å². The summed E-state index contributed by atoms with van der Waals surface area (Å²) in [5.74, 6) is 0.772. The van der Waals surface area contributed by atoms with E-state index in [0.29, 0.717) is 12.6 Å². The maximum absolute atomic E-state index is 8.74. The van der Waals surface area contributed by atoms with Crippen molar-refractivity contribution in [1.29, 1.82) is 0 Å². The topological polar surface area (TPSA) is 73.3 Å². The fourth-order valence-electron chi connectivity index (χ4n) is 2.14. The Labute approximate surface area is 107 Å². The third kappa shape index (κ3) is 3.30. The molecule has 2 heterocycles. The van der Waals surface area contributed by atoms with Gasteiger partial charge in [-0.3, -0.25) is 0 Å². The smallest absolute Gasteiger partial charge is 0.150 e. The molecular weight excluding hydrogens is 230 g/mol. The lowest BCUT2D eigenvalue weighted by molar-refractivity contribution is 0.292. The molecule has 1 aromatic rings. The number of nitrogens with one attached hydrogen (secondary N) is 2. The lowest BCUT2D eigenvalue weighted by Gasteiger charge is -2.18. The van der Waals surface area contributed by atoms with Gasteiger partial charge in [-0.2, -0.15) is 5.10 Å². The summed E-state index contributed by atoms with van der Waals surface area (Å²) in [4.78, 5) is 2.31. The quantitative estimate of drug-likeness (QED) is 0.621. The van der Waals surface area contributed by atoms with E-state index in [0.717, 1.165) is 37.4 Å². The Morgan fingerprint density at radius 2 is 2.44 bits per heavy atom. The molecule has 0 bridgehead atoms. The van der Waals surface area contributed by atoms with Gasteiger partial charge in [-0.05, 0) is 19.9 Å². The van der Waals surface area contributed by atoms with E-state index in [1.165, 1.54) is 0 Å². The largest absolute Gasteiger partial charge is 0.396 e. The van der Waals surface area contributed by atoms with E-state index in [1.807, 2.05) is 13.1 Å². The summed E-state index contributed by atoms with van der Waals surface area (Å²) in [7, 11) is 2.00. The number of rotatable bonds is 6. The summed E-state index contributed by atoms with van der Waals surface area (Å²) in [6.07, 6.45) is 3.68. The highest BCUT2D eigenvalue weighted by Crippen LogP contribution is 2.21. The first kappa shape index (κ1) is 13.0. The minimum absolute atomic E-state index is 0.191. The fraction of sp³-hybridized carbons (Fsp3) is 0.667. The Bertz CT molecular complexity index is 373. The van der Waals surface area contributed by atoms with Gasteiger partial charge in [-0.25, -0.2) is 0 Å². The van der Waals surface area contributed by atoms with Gasteiger partial charge in [-0.1, -0.05) is 0 Å². The molecule has 1 aromatic heterocycles. The minimum atomic E-state index is 0.191. The van der Waals surface area contributed by atoms with Crippen LogP contribution in [0.15, 0.2) is 12.3 Å². The molecule has 0 spiro atoms. The molecule has 0 amide bonds. The molecule has 18 heavy (non-hydrogen) atoms. The van der Waals surface area contributed by atoms with Gasteiger partial charge in [0.15, 0.2) is 5.82 Å². The molecule has 0 aliphatic carbocycles. The van der Waals surface area contributed by atoms with Crippen LogP contribution in [0.5, 0.6) is 0 Å². The van der Waals surface area contributed by atoms with Crippen LogP contribution in [0.25, 0.3) is 0 Å². The second-order valence-corrected chi connectivity index (χ2v) is 4.52. The molecule has 0 radical (unpaired) electrons. The van der Waals surface area contributed by atoms with Gasteiger partial charge < -0.3 is 20.6 Å². The number of nitrogens with zero attached hydrogens (tertiary/aromatic N) is 3. The first-order valence-corrected chi connectivity index (χ1v) is 6.43. The highest BCUT2D eigenvalue weighted by Gasteiger charge is 2.21. The fourth-order valence-corrected chi connectivity index (χ4v) is 2.14. The zero-order valence-corrected chi connectivity index (χ0v) is 10.8. The Morgan fingerprint density at radius 1 is 1.56 bits per heavy atom. The normalized spacial score (nSPS) is 19.2. The van der Waals surface area contributed by atoms with Gasteiger partial charge in [0, 0.05) is 38.3 Å². The van der Waals surface area contributed by atoms with Crippen LogP contribution < -0.4 is 15.5 Å². The number of anilines is 2. The number of aliphatic hydroxyl groups excluding tert-OH is 1. The number of aromatic nitrogens is 2. The van der Waals surface area contributed by atoms with Crippen LogP contribution in [-0.4, -0.2) is 54.6 Å². The Hall–Kier alpha value is -1.40. The Morgan fingerprint density at radius 3 is 3.17 bits per heavy atom. The molecule has 1 aliphatic rings. The van der Waals surface area contributed by atoms with Crippen molar-refractivity contribution in [3.63, 3.8) is 0 Å². The molecule has 100 valence electrons. The Balaban J connectivity index is 1.94. The summed E-state index contributed by atoms with van der Waals surface area (Å²) in [6, 6.07) is 2.58. The average molecular weight is 251 g/mol. The van der Waals surface area contributed by atoms with E-state index in [-0.39, 0.29) is 6.61 Å². The first-order chi connectivity index (χ1) is 8.83. The summed E-state index contributed by atoms with van der Waals surface area (Å²) < 4.78 is 0. The standard InChI is InChI=1S/C12H21N5O/c1-13-10-3-5-17(9-10)11-7-12(16-15-8-11)14-4-2-6-18/h7-8,10,13,18H,2-6,9H2,1H3,(H,14,16)/t10-/m1/s1. The van der Waals surface area contributed by atoms with Gasteiger partial charge in [0.1, 0.15) is 0 Å². The van der Waals surface area contributed by atoms with Crippen LogP contribution >= 0.6 is 0 Å². The van der Waals surface area contributed by atoms with E-state index in [4.69, 9.17) is 5.11 Å². The molecule has 1 fully saturated rings. The van der Waals surface area contributed by atoms with Gasteiger partial charge in [0.25, 0.3) is 0 Å². The highest BCUT2D eigenvalue weighted by atomic mass is 16.3. The van der Waals surface area contributed by atoms with Crippen LogP contribution in [-0.2, 0) is 0 Å². The van der Waals surface area contributed by atoms with E-state index in [9.17, 15) is 0 Å². The summed E-state index contributed by atoms with van der Waals surface area (Å²) in [5, 5.41) is 23.3. The molecule has 0 saturated carbocycles. The molecule has 0 unspecified atom stereocenters. The molecule has 0 aromatic carbocycles. The van der Waals surface area contributed by atoms with E-state index >= 15 is 0 Å². The zero-order chi connectivity index (χ0) is 12.8. The maximum atomic E-state index is 8.74. The Kier molecular flexibility index (Phi) is 4.72. The van der Waals surface area contributed by atoms with Gasteiger partial charge >= 0.3 is 0 Å². The third-order valence-corrected chi connectivity index (χ3v) is 3.24. The van der Waals surface area contributed by atoms with Gasteiger partial charge in [-0.15, -0.1) is 5.10 Å². The van der Waals surface area contributed by atoms with Crippen molar-refractivity contribution in [2.75, 3.05) is 43.5 Å². The van der Waals surface area contributed by atoms with Crippen molar-refractivity contribution in [1.82, 2.24) is 15.5 Å². The number of likely N-dealkylation sites (N-methyl/N-ethyl adjacent to an activating group) is 1. The summed E-state index contributed by atoms with van der Waals surface area (Å²) in [5.41, 5.74) is 1.11. The third-order valence-electron chi connectivity index (χ3n) is 3.24. The van der Waals surface area contributed by atoms with Crippen LogP contribution in [0.2, 0.25) is 0 Å². The lowest BCUT2D eigenvalue weighted by atomic mass is 10.3. The summed E-state index contributed by atoms with van der Waals surface area (Å²) >= 11 is 0. The van der Waals surface area contributed by atoms with Crippen molar-refractivity contribution >= 4 is 11.5 Å². The summed E-state index contributed by atoms with van der Waals surface area (Å²) in [6.45, 7) is 2.97. The molecule has 2 rings (SSSR count).